The number of hydrogen-bond donors (Lipinski definition) is 2. The Balaban J connectivity index is 1.81. The van der Waals surface area contributed by atoms with Crippen LogP contribution in [0.3, 0.4) is 0 Å². The van der Waals surface area contributed by atoms with E-state index in [9.17, 15) is 9.18 Å². The third kappa shape index (κ3) is 4.41. The molecule has 126 valence electrons. The summed E-state index contributed by atoms with van der Waals surface area (Å²) in [7, 11) is 0. The molecule has 0 aliphatic carbocycles. The number of nitrogens with one attached hydrogen (secondary N) is 1. The molecule has 3 rings (SSSR count). The summed E-state index contributed by atoms with van der Waals surface area (Å²) in [5.41, 5.74) is 8.88. The molecule has 0 radical (unpaired) electrons. The second kappa shape index (κ2) is 7.57. The molecule has 2 aromatic carbocycles. The Morgan fingerprint density at radius 3 is 2.20 bits per heavy atom. The van der Waals surface area contributed by atoms with Crippen molar-refractivity contribution in [1.82, 2.24) is 10.3 Å². The molecular weight excluding hydrogens is 317 g/mol. The summed E-state index contributed by atoms with van der Waals surface area (Å²) < 4.78 is 13.2. The second-order valence-corrected chi connectivity index (χ2v) is 5.75. The lowest BCUT2D eigenvalue weighted by Gasteiger charge is -2.20. The molecule has 0 bridgehead atoms. The van der Waals surface area contributed by atoms with E-state index < -0.39 is 0 Å². The van der Waals surface area contributed by atoms with E-state index in [4.69, 9.17) is 5.73 Å². The number of carbonyl (C=O) groups excluding carboxylic acids is 1. The molecular formula is C20H18FN3O. The lowest BCUT2D eigenvalue weighted by atomic mass is 9.99. The molecule has 3 N–H and O–H groups in total. The standard InChI is InChI=1S/C20H18FN3O/c21-17-5-3-15(4-6-17)20(16-9-11-23-12-10-16)24-19(25)13-14-1-7-18(22)8-2-14/h1-12,20H,13,22H2,(H,24,25). The van der Waals surface area contributed by atoms with Gasteiger partial charge in [-0.1, -0.05) is 24.3 Å². The van der Waals surface area contributed by atoms with Crippen molar-refractivity contribution in [3.05, 3.63) is 95.6 Å². The largest absolute Gasteiger partial charge is 0.399 e. The first kappa shape index (κ1) is 16.6. The Morgan fingerprint density at radius 1 is 0.960 bits per heavy atom. The van der Waals surface area contributed by atoms with Gasteiger partial charge >= 0.3 is 0 Å². The monoisotopic (exact) mass is 335 g/mol. The molecule has 4 nitrogen and oxygen atoms in total. The zero-order chi connectivity index (χ0) is 17.6. The molecule has 0 fully saturated rings. The molecule has 0 aliphatic heterocycles. The number of rotatable bonds is 5. The van der Waals surface area contributed by atoms with Crippen LogP contribution in [0.2, 0.25) is 0 Å². The maximum atomic E-state index is 13.2. The first-order valence-electron chi connectivity index (χ1n) is 7.91. The minimum absolute atomic E-state index is 0.129. The van der Waals surface area contributed by atoms with Crippen LogP contribution in [0.4, 0.5) is 10.1 Å². The number of nitrogens with two attached hydrogens (primary N) is 1. The van der Waals surface area contributed by atoms with E-state index in [2.05, 4.69) is 10.3 Å². The van der Waals surface area contributed by atoms with Gasteiger partial charge in [0.2, 0.25) is 5.91 Å². The third-order valence-electron chi connectivity index (χ3n) is 3.89. The maximum Gasteiger partial charge on any atom is 0.225 e. The Labute approximate surface area is 145 Å². The van der Waals surface area contributed by atoms with Gasteiger partial charge in [-0.25, -0.2) is 4.39 Å². The lowest BCUT2D eigenvalue weighted by Crippen LogP contribution is -2.30. The highest BCUT2D eigenvalue weighted by atomic mass is 19.1. The molecule has 0 saturated heterocycles. The van der Waals surface area contributed by atoms with Crippen LogP contribution in [0.25, 0.3) is 0 Å². The quantitative estimate of drug-likeness (QED) is 0.703. The van der Waals surface area contributed by atoms with Gasteiger partial charge in [-0.3, -0.25) is 9.78 Å². The Morgan fingerprint density at radius 2 is 1.56 bits per heavy atom. The van der Waals surface area contributed by atoms with Gasteiger partial charge in [0, 0.05) is 18.1 Å². The second-order valence-electron chi connectivity index (χ2n) is 5.75. The Hall–Kier alpha value is -3.21. The molecule has 0 aliphatic rings. The third-order valence-corrected chi connectivity index (χ3v) is 3.89. The van der Waals surface area contributed by atoms with E-state index in [-0.39, 0.29) is 24.2 Å². The minimum Gasteiger partial charge on any atom is -0.399 e. The van der Waals surface area contributed by atoms with Crippen LogP contribution in [0.5, 0.6) is 0 Å². The normalized spacial score (nSPS) is 11.7. The van der Waals surface area contributed by atoms with Crippen molar-refractivity contribution in [3.8, 4) is 0 Å². The molecule has 3 aromatic rings. The van der Waals surface area contributed by atoms with Crippen LogP contribution in [0.15, 0.2) is 73.1 Å². The van der Waals surface area contributed by atoms with Gasteiger partial charge in [0.15, 0.2) is 0 Å². The number of aromatic nitrogens is 1. The van der Waals surface area contributed by atoms with Crippen molar-refractivity contribution >= 4 is 11.6 Å². The van der Waals surface area contributed by atoms with E-state index in [1.807, 2.05) is 24.3 Å². The zero-order valence-electron chi connectivity index (χ0n) is 13.5. The summed E-state index contributed by atoms with van der Waals surface area (Å²) >= 11 is 0. The molecule has 0 saturated carbocycles. The molecule has 1 heterocycles. The first-order chi connectivity index (χ1) is 12.1. The molecule has 1 aromatic heterocycles. The van der Waals surface area contributed by atoms with Gasteiger partial charge in [0.1, 0.15) is 5.82 Å². The molecule has 5 heteroatoms. The van der Waals surface area contributed by atoms with Crippen LogP contribution >= 0.6 is 0 Å². The van der Waals surface area contributed by atoms with Crippen LogP contribution in [0, 0.1) is 5.82 Å². The molecule has 1 atom stereocenters. The number of pyridine rings is 1. The summed E-state index contributed by atoms with van der Waals surface area (Å²) in [5, 5.41) is 3.01. The van der Waals surface area contributed by atoms with Crippen LogP contribution in [-0.2, 0) is 11.2 Å². The first-order valence-corrected chi connectivity index (χ1v) is 7.91. The SMILES string of the molecule is Nc1ccc(CC(=O)NC(c2ccncc2)c2ccc(F)cc2)cc1. The van der Waals surface area contributed by atoms with Gasteiger partial charge < -0.3 is 11.1 Å². The van der Waals surface area contributed by atoms with Gasteiger partial charge in [0.25, 0.3) is 0 Å². The van der Waals surface area contributed by atoms with Crippen molar-refractivity contribution in [2.24, 2.45) is 0 Å². The smallest absolute Gasteiger partial charge is 0.225 e. The summed E-state index contributed by atoms with van der Waals surface area (Å²) in [6.07, 6.45) is 3.57. The van der Waals surface area contributed by atoms with Gasteiger partial charge in [-0.15, -0.1) is 0 Å². The Kier molecular flexibility index (Phi) is 5.04. The lowest BCUT2D eigenvalue weighted by molar-refractivity contribution is -0.120. The molecule has 1 amide bonds. The summed E-state index contributed by atoms with van der Waals surface area (Å²) in [4.78, 5) is 16.5. The highest BCUT2D eigenvalue weighted by Crippen LogP contribution is 2.22. The molecule has 0 spiro atoms. The number of benzene rings is 2. The number of nitrogens with zero attached hydrogens (tertiary/aromatic N) is 1. The van der Waals surface area contributed by atoms with Crippen molar-refractivity contribution in [2.75, 3.05) is 5.73 Å². The van der Waals surface area contributed by atoms with Crippen molar-refractivity contribution in [1.29, 1.82) is 0 Å². The fourth-order valence-corrected chi connectivity index (χ4v) is 2.60. The van der Waals surface area contributed by atoms with Crippen LogP contribution in [-0.4, -0.2) is 10.9 Å². The number of anilines is 1. The minimum atomic E-state index is -0.370. The van der Waals surface area contributed by atoms with Gasteiger partial charge in [0.05, 0.1) is 12.5 Å². The van der Waals surface area contributed by atoms with Gasteiger partial charge in [-0.05, 0) is 53.1 Å². The summed E-state index contributed by atoms with van der Waals surface area (Å²) in [6, 6.07) is 16.6. The maximum absolute atomic E-state index is 13.2. The topological polar surface area (TPSA) is 68.0 Å². The average Bonchev–Trinajstić information content (AvgIpc) is 2.63. The highest BCUT2D eigenvalue weighted by molar-refractivity contribution is 5.79. The number of hydrogen-bond acceptors (Lipinski definition) is 3. The van der Waals surface area contributed by atoms with E-state index in [1.165, 1.54) is 12.1 Å². The van der Waals surface area contributed by atoms with Crippen molar-refractivity contribution in [3.63, 3.8) is 0 Å². The highest BCUT2D eigenvalue weighted by Gasteiger charge is 2.17. The molecule has 1 unspecified atom stereocenters. The van der Waals surface area contributed by atoms with E-state index in [0.29, 0.717) is 5.69 Å². The van der Waals surface area contributed by atoms with Gasteiger partial charge in [-0.2, -0.15) is 0 Å². The fourth-order valence-electron chi connectivity index (χ4n) is 2.60. The average molecular weight is 335 g/mol. The number of amides is 1. The molecule has 25 heavy (non-hydrogen) atoms. The van der Waals surface area contributed by atoms with Crippen LogP contribution in [0.1, 0.15) is 22.7 Å². The van der Waals surface area contributed by atoms with Crippen molar-refractivity contribution < 1.29 is 9.18 Å². The van der Waals surface area contributed by atoms with E-state index >= 15 is 0 Å². The number of halogens is 1. The predicted molar refractivity (Wildman–Crippen MR) is 95.2 cm³/mol. The van der Waals surface area contributed by atoms with E-state index in [0.717, 1.165) is 16.7 Å². The van der Waals surface area contributed by atoms with Crippen molar-refractivity contribution in [2.45, 2.75) is 12.5 Å². The van der Waals surface area contributed by atoms with E-state index in [1.54, 1.807) is 36.7 Å². The summed E-state index contributed by atoms with van der Waals surface area (Å²) in [5.74, 6) is -0.443. The number of nitrogen functional groups attached to an aromatic ring is 1. The number of carbonyl (C=O) groups is 1. The van der Waals surface area contributed by atoms with Crippen LogP contribution < -0.4 is 11.1 Å². The predicted octanol–water partition coefficient (Wildman–Crippen LogP) is 3.25. The zero-order valence-corrected chi connectivity index (χ0v) is 13.5. The fraction of sp³-hybridized carbons (Fsp3) is 0.100. The summed E-state index contributed by atoms with van der Waals surface area (Å²) in [6.45, 7) is 0. The Bertz CT molecular complexity index is 833.